The zero-order valence-electron chi connectivity index (χ0n) is 12.4. The molecule has 1 saturated carbocycles. The molecule has 0 N–H and O–H groups in total. The third kappa shape index (κ3) is 3.41. The molecule has 0 amide bonds. The molecule has 0 saturated heterocycles. The highest BCUT2D eigenvalue weighted by Crippen LogP contribution is 2.37. The van der Waals surface area contributed by atoms with Gasteiger partial charge in [0.1, 0.15) is 17.0 Å². The quantitative estimate of drug-likeness (QED) is 0.481. The highest BCUT2D eigenvalue weighted by molar-refractivity contribution is 6.11. The van der Waals surface area contributed by atoms with Gasteiger partial charge in [0.15, 0.2) is 5.78 Å². The van der Waals surface area contributed by atoms with E-state index in [0.29, 0.717) is 19.3 Å². The van der Waals surface area contributed by atoms with Gasteiger partial charge >= 0.3 is 6.18 Å². The van der Waals surface area contributed by atoms with E-state index in [2.05, 4.69) is 0 Å². The largest absolute Gasteiger partial charge is 0.416 e. The number of halogens is 3. The van der Waals surface area contributed by atoms with Crippen molar-refractivity contribution in [2.45, 2.75) is 32.4 Å². The minimum Gasteiger partial charge on any atom is -0.299 e. The molecular formula is C17H15F3O3. The normalized spacial score (nSPS) is 21.8. The second-order valence-electron chi connectivity index (χ2n) is 5.58. The molecule has 0 radical (unpaired) electrons. The van der Waals surface area contributed by atoms with E-state index in [1.54, 1.807) is 0 Å². The molecule has 122 valence electrons. The van der Waals surface area contributed by atoms with Gasteiger partial charge in [0.05, 0.1) is 5.56 Å². The van der Waals surface area contributed by atoms with E-state index in [0.717, 1.165) is 30.3 Å². The summed E-state index contributed by atoms with van der Waals surface area (Å²) in [6.07, 6.45) is -0.835. The molecule has 1 fully saturated rings. The van der Waals surface area contributed by atoms with Crippen molar-refractivity contribution in [1.82, 2.24) is 0 Å². The average Bonchev–Trinajstić information content (AvgIpc) is 2.86. The van der Waals surface area contributed by atoms with Crippen LogP contribution in [0.3, 0.4) is 0 Å². The lowest BCUT2D eigenvalue weighted by Gasteiger charge is -2.19. The molecule has 0 aliphatic heterocycles. The van der Waals surface area contributed by atoms with Crippen LogP contribution >= 0.6 is 0 Å². The first-order valence-corrected chi connectivity index (χ1v) is 7.12. The topological polar surface area (TPSA) is 51.2 Å². The van der Waals surface area contributed by atoms with Gasteiger partial charge in [-0.05, 0) is 38.0 Å². The van der Waals surface area contributed by atoms with E-state index in [9.17, 15) is 27.6 Å². The maximum Gasteiger partial charge on any atom is 0.416 e. The van der Waals surface area contributed by atoms with E-state index < -0.39 is 22.9 Å². The Morgan fingerprint density at radius 2 is 1.78 bits per heavy atom. The number of allylic oxidation sites excluding steroid dienone is 2. The van der Waals surface area contributed by atoms with Crippen molar-refractivity contribution in [1.29, 1.82) is 0 Å². The highest BCUT2D eigenvalue weighted by Gasteiger charge is 2.43. The van der Waals surface area contributed by atoms with Gasteiger partial charge < -0.3 is 0 Å². The number of hydrogen-bond acceptors (Lipinski definition) is 3. The lowest BCUT2D eigenvalue weighted by molar-refractivity contribution is -0.137. The first-order valence-electron chi connectivity index (χ1n) is 7.12. The summed E-state index contributed by atoms with van der Waals surface area (Å²) in [7, 11) is 0. The number of rotatable bonds is 4. The van der Waals surface area contributed by atoms with Crippen molar-refractivity contribution in [3.05, 3.63) is 47.5 Å². The number of alkyl halides is 3. The van der Waals surface area contributed by atoms with Gasteiger partial charge in [-0.3, -0.25) is 14.4 Å². The molecule has 0 bridgehead atoms. The van der Waals surface area contributed by atoms with Crippen LogP contribution in [-0.4, -0.2) is 17.3 Å². The lowest BCUT2D eigenvalue weighted by Crippen LogP contribution is -2.31. The van der Waals surface area contributed by atoms with E-state index in [4.69, 9.17) is 0 Å². The molecule has 1 aromatic carbocycles. The average molecular weight is 324 g/mol. The Labute approximate surface area is 131 Å². The van der Waals surface area contributed by atoms with Crippen molar-refractivity contribution in [2.75, 3.05) is 0 Å². The van der Waals surface area contributed by atoms with Crippen LogP contribution in [-0.2, 0) is 15.8 Å². The predicted octanol–water partition coefficient (Wildman–Crippen LogP) is 3.77. The molecule has 0 unspecified atom stereocenters. The molecule has 1 atom stereocenters. The zero-order chi connectivity index (χ0) is 17.3. The summed E-state index contributed by atoms with van der Waals surface area (Å²) in [5.74, 6) is -1.09. The predicted molar refractivity (Wildman–Crippen MR) is 76.9 cm³/mol. The number of hydrogen-bond donors (Lipinski definition) is 0. The van der Waals surface area contributed by atoms with Gasteiger partial charge in [-0.15, -0.1) is 0 Å². The van der Waals surface area contributed by atoms with Gasteiger partial charge in [-0.2, -0.15) is 13.2 Å². The van der Waals surface area contributed by atoms with Crippen molar-refractivity contribution in [2.24, 2.45) is 5.41 Å². The molecule has 3 nitrogen and oxygen atoms in total. The highest BCUT2D eigenvalue weighted by atomic mass is 19.4. The fourth-order valence-corrected chi connectivity index (χ4v) is 2.69. The van der Waals surface area contributed by atoms with Crippen LogP contribution in [0.4, 0.5) is 13.2 Å². The number of ketones is 3. The van der Waals surface area contributed by atoms with Gasteiger partial charge in [-0.1, -0.05) is 18.2 Å². The Kier molecular flexibility index (Phi) is 4.54. The summed E-state index contributed by atoms with van der Waals surface area (Å²) in [4.78, 5) is 35.8. The summed E-state index contributed by atoms with van der Waals surface area (Å²) < 4.78 is 37.4. The van der Waals surface area contributed by atoms with Crippen molar-refractivity contribution in [3.63, 3.8) is 0 Å². The molecule has 0 heterocycles. The van der Waals surface area contributed by atoms with Crippen molar-refractivity contribution < 1.29 is 27.6 Å². The van der Waals surface area contributed by atoms with Crippen LogP contribution in [0.25, 0.3) is 0 Å². The fourth-order valence-electron chi connectivity index (χ4n) is 2.69. The minimum atomic E-state index is -4.47. The number of benzene rings is 1. The Bertz CT molecular complexity index is 671. The summed E-state index contributed by atoms with van der Waals surface area (Å²) >= 11 is 0. The van der Waals surface area contributed by atoms with Gasteiger partial charge in [0.2, 0.25) is 0 Å². The van der Waals surface area contributed by atoms with Crippen LogP contribution in [0.5, 0.6) is 0 Å². The second-order valence-corrected chi connectivity index (χ2v) is 5.58. The fraction of sp³-hybridized carbons (Fsp3) is 0.353. The molecule has 1 aliphatic rings. The summed E-state index contributed by atoms with van der Waals surface area (Å²) in [6, 6.07) is 3.80. The Balaban J connectivity index is 2.21. The van der Waals surface area contributed by atoms with Crippen LogP contribution in [0.15, 0.2) is 36.4 Å². The van der Waals surface area contributed by atoms with Crippen LogP contribution < -0.4 is 0 Å². The van der Waals surface area contributed by atoms with Gasteiger partial charge in [0, 0.05) is 12.0 Å². The van der Waals surface area contributed by atoms with Crippen LogP contribution in [0.1, 0.15) is 42.1 Å². The molecule has 6 heteroatoms. The van der Waals surface area contributed by atoms with Crippen molar-refractivity contribution >= 4 is 17.3 Å². The smallest absolute Gasteiger partial charge is 0.299 e. The molecular weight excluding hydrogens is 309 g/mol. The first kappa shape index (κ1) is 17.1. The Morgan fingerprint density at radius 1 is 1.17 bits per heavy atom. The third-order valence-corrected chi connectivity index (χ3v) is 4.12. The standard InChI is InChI=1S/C17H15F3O3/c1-11(21)16(9-2-3-15(16)23)10-8-14(22)12-4-6-13(7-5-12)17(18,19)20/h4-8,10H,2-3,9H2,1H3/b10-8-/t16-/m0/s1. The maximum absolute atomic E-state index is 12.5. The summed E-state index contributed by atoms with van der Waals surface area (Å²) in [5, 5.41) is 0. The zero-order valence-corrected chi connectivity index (χ0v) is 12.4. The SMILES string of the molecule is CC(=O)[C@@]1(/C=C\C(=O)c2ccc(C(F)(F)F)cc2)CCCC1=O. The maximum atomic E-state index is 12.5. The molecule has 23 heavy (non-hydrogen) atoms. The molecule has 2 rings (SSSR count). The third-order valence-electron chi connectivity index (χ3n) is 4.12. The summed E-state index contributed by atoms with van der Waals surface area (Å²) in [6.45, 7) is 1.30. The van der Waals surface area contributed by atoms with E-state index in [1.165, 1.54) is 13.0 Å². The second kappa shape index (κ2) is 6.10. The number of Topliss-reactive ketones (excluding diaryl/α,β-unsaturated/α-hetero) is 2. The number of carbonyl (C=O) groups excluding carboxylic acids is 3. The van der Waals surface area contributed by atoms with Gasteiger partial charge in [0.25, 0.3) is 0 Å². The first-order chi connectivity index (χ1) is 10.7. The van der Waals surface area contributed by atoms with Crippen LogP contribution in [0, 0.1) is 5.41 Å². The molecule has 1 aromatic rings. The van der Waals surface area contributed by atoms with E-state index in [1.807, 2.05) is 0 Å². The van der Waals surface area contributed by atoms with Crippen molar-refractivity contribution in [3.8, 4) is 0 Å². The Hall–Kier alpha value is -2.24. The van der Waals surface area contributed by atoms with Gasteiger partial charge in [-0.25, -0.2) is 0 Å². The molecule has 1 aliphatic carbocycles. The monoisotopic (exact) mass is 324 g/mol. The lowest BCUT2D eigenvalue weighted by atomic mass is 9.80. The van der Waals surface area contributed by atoms with Crippen LogP contribution in [0.2, 0.25) is 0 Å². The minimum absolute atomic E-state index is 0.0680. The number of carbonyl (C=O) groups is 3. The van der Waals surface area contributed by atoms with E-state index in [-0.39, 0.29) is 17.1 Å². The Morgan fingerprint density at radius 3 is 2.22 bits per heavy atom. The molecule has 0 spiro atoms. The summed E-state index contributed by atoms with van der Waals surface area (Å²) in [5.41, 5.74) is -2.04. The van der Waals surface area contributed by atoms with E-state index >= 15 is 0 Å². The molecule has 0 aromatic heterocycles.